The zero-order chi connectivity index (χ0) is 10.8. The maximum Gasteiger partial charge on any atom is 0.248 e. The van der Waals surface area contributed by atoms with Crippen LogP contribution >= 0.6 is 15.9 Å². The van der Waals surface area contributed by atoms with E-state index in [1.54, 1.807) is 11.9 Å². The quantitative estimate of drug-likeness (QED) is 0.781. The van der Waals surface area contributed by atoms with Crippen molar-refractivity contribution in [2.45, 2.75) is 6.10 Å². The summed E-state index contributed by atoms with van der Waals surface area (Å²) in [4.78, 5) is 12.9. The normalized spacial score (nSPS) is 21.9. The number of amides is 1. The third-order valence-electron chi connectivity index (χ3n) is 2.53. The molecule has 4 heteroatoms. The molecule has 0 aromatic heterocycles. The van der Waals surface area contributed by atoms with E-state index in [1.165, 1.54) is 0 Å². The van der Waals surface area contributed by atoms with Crippen LogP contribution in [-0.4, -0.2) is 31.0 Å². The van der Waals surface area contributed by atoms with Gasteiger partial charge in [-0.2, -0.15) is 0 Å². The Bertz CT molecular complexity index is 381. The number of likely N-dealkylation sites (N-methyl/N-ethyl adjacent to an activating group) is 1. The second-order valence-electron chi connectivity index (χ2n) is 3.60. The minimum Gasteiger partial charge on any atom is -0.362 e. The fourth-order valence-corrected chi connectivity index (χ4v) is 2.15. The molecule has 2 rings (SSSR count). The Morgan fingerprint density at radius 1 is 1.47 bits per heavy atom. The number of ether oxygens (including phenoxy) is 1. The zero-order valence-electron chi connectivity index (χ0n) is 8.44. The molecule has 1 saturated heterocycles. The number of benzene rings is 1. The van der Waals surface area contributed by atoms with Crippen molar-refractivity contribution in [2.75, 3.05) is 20.2 Å². The maximum atomic E-state index is 11.2. The molecule has 1 aliphatic heterocycles. The summed E-state index contributed by atoms with van der Waals surface area (Å²) in [6.45, 7) is 0.782. The average Bonchev–Trinajstić information content (AvgIpc) is 2.23. The first kappa shape index (κ1) is 10.6. The third kappa shape index (κ3) is 2.21. The van der Waals surface area contributed by atoms with Crippen LogP contribution < -0.4 is 0 Å². The Morgan fingerprint density at radius 3 is 2.87 bits per heavy atom. The lowest BCUT2D eigenvalue weighted by molar-refractivity contribution is -0.147. The van der Waals surface area contributed by atoms with Crippen molar-refractivity contribution in [1.82, 2.24) is 4.90 Å². The van der Waals surface area contributed by atoms with E-state index in [9.17, 15) is 4.79 Å². The van der Waals surface area contributed by atoms with Crippen LogP contribution in [0.15, 0.2) is 28.7 Å². The van der Waals surface area contributed by atoms with Crippen LogP contribution in [0.4, 0.5) is 0 Å². The van der Waals surface area contributed by atoms with E-state index in [4.69, 9.17) is 4.74 Å². The predicted molar refractivity (Wildman–Crippen MR) is 60.5 cm³/mol. The molecular weight excluding hydrogens is 258 g/mol. The Labute approximate surface area is 97.2 Å². The number of morpholine rings is 1. The largest absolute Gasteiger partial charge is 0.362 e. The molecule has 80 valence electrons. The molecule has 0 spiro atoms. The molecule has 0 radical (unpaired) electrons. The number of rotatable bonds is 1. The summed E-state index contributed by atoms with van der Waals surface area (Å²) < 4.78 is 6.53. The first-order valence-corrected chi connectivity index (χ1v) is 5.58. The van der Waals surface area contributed by atoms with Gasteiger partial charge in [-0.15, -0.1) is 0 Å². The molecule has 0 bridgehead atoms. The number of nitrogens with zero attached hydrogens (tertiary/aromatic N) is 1. The highest BCUT2D eigenvalue weighted by Crippen LogP contribution is 2.28. The van der Waals surface area contributed by atoms with Crippen molar-refractivity contribution in [3.63, 3.8) is 0 Å². The second-order valence-corrected chi connectivity index (χ2v) is 4.45. The van der Waals surface area contributed by atoms with Gasteiger partial charge in [0.2, 0.25) is 5.91 Å². The fraction of sp³-hybridized carbons (Fsp3) is 0.364. The molecule has 3 nitrogen and oxygen atoms in total. The van der Waals surface area contributed by atoms with Gasteiger partial charge in [-0.05, 0) is 11.6 Å². The fourth-order valence-electron chi connectivity index (χ4n) is 1.61. The Hall–Kier alpha value is -0.870. The van der Waals surface area contributed by atoms with Crippen LogP contribution in [0, 0.1) is 0 Å². The molecule has 1 heterocycles. The van der Waals surface area contributed by atoms with E-state index in [1.807, 2.05) is 24.3 Å². The summed E-state index contributed by atoms with van der Waals surface area (Å²) >= 11 is 3.48. The van der Waals surface area contributed by atoms with Gasteiger partial charge in [0.25, 0.3) is 0 Å². The number of carbonyl (C=O) groups excluding carboxylic acids is 1. The van der Waals surface area contributed by atoms with E-state index in [0.29, 0.717) is 6.54 Å². The van der Waals surface area contributed by atoms with Gasteiger partial charge in [-0.1, -0.05) is 34.1 Å². The molecule has 1 fully saturated rings. The van der Waals surface area contributed by atoms with E-state index in [-0.39, 0.29) is 18.6 Å². The van der Waals surface area contributed by atoms with Gasteiger partial charge < -0.3 is 9.64 Å². The molecule has 1 amide bonds. The van der Waals surface area contributed by atoms with Crippen LogP contribution in [0.3, 0.4) is 0 Å². The molecule has 0 N–H and O–H groups in total. The number of hydrogen-bond acceptors (Lipinski definition) is 2. The van der Waals surface area contributed by atoms with Crippen LogP contribution in [-0.2, 0) is 9.53 Å². The van der Waals surface area contributed by atoms with E-state index < -0.39 is 0 Å². The standard InChI is InChI=1S/C11H12BrNO2/c1-13-6-10(15-7-11(13)14)8-4-2-3-5-9(8)12/h2-5,10H,6-7H2,1H3. The second kappa shape index (κ2) is 4.33. The zero-order valence-corrected chi connectivity index (χ0v) is 10.0. The van der Waals surface area contributed by atoms with Crippen molar-refractivity contribution in [1.29, 1.82) is 0 Å². The summed E-state index contributed by atoms with van der Waals surface area (Å²) in [6, 6.07) is 7.93. The van der Waals surface area contributed by atoms with Crippen molar-refractivity contribution >= 4 is 21.8 Å². The van der Waals surface area contributed by atoms with Gasteiger partial charge in [-0.3, -0.25) is 4.79 Å². The topological polar surface area (TPSA) is 29.5 Å². The molecule has 1 unspecified atom stereocenters. The Balaban J connectivity index is 2.19. The molecule has 0 aliphatic carbocycles. The van der Waals surface area contributed by atoms with Crippen LogP contribution in [0.25, 0.3) is 0 Å². The van der Waals surface area contributed by atoms with Gasteiger partial charge in [0.15, 0.2) is 0 Å². The average molecular weight is 270 g/mol. The Kier molecular flexibility index (Phi) is 3.07. The minimum absolute atomic E-state index is 0.0247. The van der Waals surface area contributed by atoms with Gasteiger partial charge in [0.05, 0.1) is 6.54 Å². The molecule has 1 aliphatic rings. The molecule has 1 aromatic carbocycles. The Morgan fingerprint density at radius 2 is 2.20 bits per heavy atom. The first-order valence-electron chi connectivity index (χ1n) is 4.78. The highest BCUT2D eigenvalue weighted by atomic mass is 79.9. The maximum absolute atomic E-state index is 11.2. The van der Waals surface area contributed by atoms with Gasteiger partial charge >= 0.3 is 0 Å². The van der Waals surface area contributed by atoms with Crippen LogP contribution in [0.2, 0.25) is 0 Å². The van der Waals surface area contributed by atoms with E-state index >= 15 is 0 Å². The highest BCUT2D eigenvalue weighted by molar-refractivity contribution is 9.10. The summed E-state index contributed by atoms with van der Waals surface area (Å²) in [5.41, 5.74) is 1.09. The van der Waals surface area contributed by atoms with Gasteiger partial charge in [-0.25, -0.2) is 0 Å². The van der Waals surface area contributed by atoms with E-state index in [2.05, 4.69) is 15.9 Å². The first-order chi connectivity index (χ1) is 7.18. The lowest BCUT2D eigenvalue weighted by Crippen LogP contribution is -2.40. The number of carbonyl (C=O) groups is 1. The van der Waals surface area contributed by atoms with Crippen molar-refractivity contribution in [2.24, 2.45) is 0 Å². The minimum atomic E-state index is -0.0247. The molecule has 0 saturated carbocycles. The molecule has 1 atom stereocenters. The highest BCUT2D eigenvalue weighted by Gasteiger charge is 2.25. The molecular formula is C11H12BrNO2. The summed E-state index contributed by atoms with van der Waals surface area (Å²) in [5, 5.41) is 0. The van der Waals surface area contributed by atoms with Crippen molar-refractivity contribution in [3.05, 3.63) is 34.3 Å². The molecule has 1 aromatic rings. The summed E-state index contributed by atoms with van der Waals surface area (Å²) in [7, 11) is 1.80. The van der Waals surface area contributed by atoms with Gasteiger partial charge in [0, 0.05) is 11.5 Å². The number of halogens is 1. The smallest absolute Gasteiger partial charge is 0.248 e. The number of hydrogen-bond donors (Lipinski definition) is 0. The lowest BCUT2D eigenvalue weighted by Gasteiger charge is -2.30. The van der Waals surface area contributed by atoms with Crippen LogP contribution in [0.1, 0.15) is 11.7 Å². The predicted octanol–water partition coefficient (Wildman–Crippen LogP) is 1.98. The SMILES string of the molecule is CN1CC(c2ccccc2Br)OCC1=O. The summed E-state index contributed by atoms with van der Waals surface area (Å²) in [5.74, 6) is 0.0401. The van der Waals surface area contributed by atoms with Crippen LogP contribution in [0.5, 0.6) is 0 Å². The van der Waals surface area contributed by atoms with Crippen molar-refractivity contribution in [3.8, 4) is 0 Å². The molecule has 15 heavy (non-hydrogen) atoms. The van der Waals surface area contributed by atoms with Gasteiger partial charge in [0.1, 0.15) is 12.7 Å². The van der Waals surface area contributed by atoms with E-state index in [0.717, 1.165) is 10.0 Å². The van der Waals surface area contributed by atoms with Crippen molar-refractivity contribution < 1.29 is 9.53 Å². The monoisotopic (exact) mass is 269 g/mol. The summed E-state index contributed by atoms with van der Waals surface area (Å²) in [6.07, 6.45) is -0.0247. The third-order valence-corrected chi connectivity index (χ3v) is 3.25. The lowest BCUT2D eigenvalue weighted by atomic mass is 10.1.